The summed E-state index contributed by atoms with van der Waals surface area (Å²) in [6.45, 7) is 7.32. The number of benzene rings is 1. The van der Waals surface area contributed by atoms with Crippen molar-refractivity contribution in [1.82, 2.24) is 9.80 Å². The average molecular weight is 385 g/mol. The van der Waals surface area contributed by atoms with Crippen molar-refractivity contribution in [3.8, 4) is 0 Å². The quantitative estimate of drug-likeness (QED) is 0.765. The summed E-state index contributed by atoms with van der Waals surface area (Å²) in [6.07, 6.45) is 6.01. The van der Waals surface area contributed by atoms with E-state index in [1.165, 1.54) is 0 Å². The van der Waals surface area contributed by atoms with E-state index in [0.29, 0.717) is 13.1 Å². The van der Waals surface area contributed by atoms with E-state index in [1.54, 1.807) is 11.0 Å². The summed E-state index contributed by atoms with van der Waals surface area (Å²) in [5.41, 5.74) is 1.84. The van der Waals surface area contributed by atoms with Gasteiger partial charge in [0, 0.05) is 30.7 Å². The maximum absolute atomic E-state index is 13.3. The second kappa shape index (κ2) is 8.91. The van der Waals surface area contributed by atoms with E-state index in [2.05, 4.69) is 20.8 Å². The van der Waals surface area contributed by atoms with Crippen LogP contribution < -0.4 is 0 Å². The van der Waals surface area contributed by atoms with E-state index in [0.717, 1.165) is 36.8 Å². The van der Waals surface area contributed by atoms with Gasteiger partial charge >= 0.3 is 0 Å². The van der Waals surface area contributed by atoms with Crippen molar-refractivity contribution < 1.29 is 14.7 Å². The fourth-order valence-corrected chi connectivity index (χ4v) is 4.34. The van der Waals surface area contributed by atoms with Gasteiger partial charge in [-0.05, 0) is 36.8 Å². The Morgan fingerprint density at radius 1 is 1.14 bits per heavy atom. The predicted octanol–water partition coefficient (Wildman–Crippen LogP) is 3.34. The minimum absolute atomic E-state index is 0.0121. The van der Waals surface area contributed by atoms with Crippen molar-refractivity contribution in [2.75, 3.05) is 13.1 Å². The molecule has 3 saturated heterocycles. The number of rotatable bonds is 6. The molecule has 3 fully saturated rings. The van der Waals surface area contributed by atoms with Crippen LogP contribution in [0.15, 0.2) is 36.4 Å². The van der Waals surface area contributed by atoms with Crippen LogP contribution in [0.4, 0.5) is 0 Å². The van der Waals surface area contributed by atoms with Crippen LogP contribution in [-0.4, -0.2) is 58.0 Å². The first kappa shape index (κ1) is 20.6. The van der Waals surface area contributed by atoms with Gasteiger partial charge in [-0.2, -0.15) is 0 Å². The molecule has 3 unspecified atom stereocenters. The Hall–Kier alpha value is -2.14. The third kappa shape index (κ3) is 4.14. The maximum atomic E-state index is 13.3. The Bertz CT molecular complexity index is 743. The van der Waals surface area contributed by atoms with Gasteiger partial charge in [0.15, 0.2) is 6.10 Å². The Kier molecular flexibility index (Phi) is 6.55. The van der Waals surface area contributed by atoms with Gasteiger partial charge in [0.25, 0.3) is 11.8 Å². The number of piperazine rings is 1. The zero-order valence-corrected chi connectivity index (χ0v) is 17.2. The number of piperidine rings is 2. The van der Waals surface area contributed by atoms with Crippen molar-refractivity contribution in [3.63, 3.8) is 0 Å². The average Bonchev–Trinajstić information content (AvgIpc) is 2.72. The number of hydrogen-bond acceptors (Lipinski definition) is 3. The van der Waals surface area contributed by atoms with Crippen LogP contribution in [0.25, 0.3) is 0 Å². The molecule has 1 aromatic rings. The molecule has 5 nitrogen and oxygen atoms in total. The highest BCUT2D eigenvalue weighted by atomic mass is 16.3. The lowest BCUT2D eigenvalue weighted by molar-refractivity contribution is -0.147. The van der Waals surface area contributed by atoms with Crippen LogP contribution >= 0.6 is 0 Å². The first-order valence-corrected chi connectivity index (χ1v) is 10.5. The monoisotopic (exact) mass is 384 g/mol. The van der Waals surface area contributed by atoms with E-state index in [-0.39, 0.29) is 29.8 Å². The van der Waals surface area contributed by atoms with Gasteiger partial charge in [-0.1, -0.05) is 57.5 Å². The lowest BCUT2D eigenvalue weighted by atomic mass is 9.88. The second-order valence-corrected chi connectivity index (χ2v) is 8.24. The molecule has 1 aromatic carbocycles. The molecule has 2 amide bonds. The number of aliphatic hydroxyl groups excluding tert-OH is 1. The summed E-state index contributed by atoms with van der Waals surface area (Å²) < 4.78 is 0. The molecular weight excluding hydrogens is 352 g/mol. The van der Waals surface area contributed by atoms with Crippen LogP contribution in [0.3, 0.4) is 0 Å². The lowest BCUT2D eigenvalue weighted by Crippen LogP contribution is -2.66. The molecule has 1 N–H and O–H groups in total. The number of amides is 2. The largest absolute Gasteiger partial charge is 0.379 e. The van der Waals surface area contributed by atoms with Gasteiger partial charge in [-0.15, -0.1) is 0 Å². The second-order valence-electron chi connectivity index (χ2n) is 8.24. The van der Waals surface area contributed by atoms with Crippen LogP contribution in [-0.2, 0) is 4.79 Å². The summed E-state index contributed by atoms with van der Waals surface area (Å²) >= 11 is 0. The zero-order valence-electron chi connectivity index (χ0n) is 17.2. The highest BCUT2D eigenvalue weighted by molar-refractivity contribution is 5.96. The van der Waals surface area contributed by atoms with Crippen molar-refractivity contribution in [1.29, 1.82) is 0 Å². The van der Waals surface area contributed by atoms with Gasteiger partial charge < -0.3 is 14.9 Å². The molecule has 0 spiro atoms. The minimum Gasteiger partial charge on any atom is -0.379 e. The van der Waals surface area contributed by atoms with Crippen molar-refractivity contribution in [3.05, 3.63) is 47.5 Å². The van der Waals surface area contributed by atoms with Gasteiger partial charge in [0.05, 0.1) is 0 Å². The molecule has 28 heavy (non-hydrogen) atoms. The van der Waals surface area contributed by atoms with Crippen LogP contribution in [0, 0.1) is 0 Å². The summed E-state index contributed by atoms with van der Waals surface area (Å²) in [4.78, 5) is 29.7. The van der Waals surface area contributed by atoms with E-state index >= 15 is 0 Å². The first-order chi connectivity index (χ1) is 13.4. The van der Waals surface area contributed by atoms with Crippen molar-refractivity contribution >= 4 is 11.8 Å². The topological polar surface area (TPSA) is 60.9 Å². The SMILES string of the molecule is CCC/C=C/C(O)C(=O)N1CC2CCC1CN2C(=O)c1ccccc1C(C)C. The molecule has 3 atom stereocenters. The van der Waals surface area contributed by atoms with E-state index in [4.69, 9.17) is 0 Å². The molecule has 3 aliphatic rings. The summed E-state index contributed by atoms with van der Waals surface area (Å²) in [7, 11) is 0. The minimum atomic E-state index is -1.09. The zero-order chi connectivity index (χ0) is 20.3. The summed E-state index contributed by atoms with van der Waals surface area (Å²) in [5.74, 6) is 0.108. The maximum Gasteiger partial charge on any atom is 0.255 e. The molecule has 0 aliphatic carbocycles. The molecule has 0 radical (unpaired) electrons. The Morgan fingerprint density at radius 2 is 1.79 bits per heavy atom. The standard InChI is InChI=1S/C23H32N2O3/c1-4-5-6-11-21(26)23(28)25-15-17-12-13-18(25)14-24(17)22(27)20-10-8-7-9-19(20)16(2)3/h6-11,16-18,21,26H,4-5,12-15H2,1-3H3/b11-6+. The molecular formula is C23H32N2O3. The number of unbranched alkanes of at least 4 members (excludes halogenated alkanes) is 1. The highest BCUT2D eigenvalue weighted by Crippen LogP contribution is 2.32. The number of aliphatic hydroxyl groups is 1. The normalized spacial score (nSPS) is 22.9. The van der Waals surface area contributed by atoms with Crippen molar-refractivity contribution in [2.45, 2.75) is 70.6 Å². The molecule has 5 heteroatoms. The third-order valence-electron chi connectivity index (χ3n) is 5.91. The molecule has 0 aromatic heterocycles. The summed E-state index contributed by atoms with van der Waals surface area (Å²) in [5, 5.41) is 10.2. The molecule has 152 valence electrons. The fraction of sp³-hybridized carbons (Fsp3) is 0.565. The van der Waals surface area contributed by atoms with Crippen LogP contribution in [0.2, 0.25) is 0 Å². The number of carbonyl (C=O) groups excluding carboxylic acids is 2. The lowest BCUT2D eigenvalue weighted by Gasteiger charge is -2.51. The smallest absolute Gasteiger partial charge is 0.255 e. The number of allylic oxidation sites excluding steroid dienone is 1. The molecule has 4 rings (SSSR count). The molecule has 3 heterocycles. The van der Waals surface area contributed by atoms with Gasteiger partial charge in [0.2, 0.25) is 0 Å². The Balaban J connectivity index is 1.72. The van der Waals surface area contributed by atoms with Gasteiger partial charge in [0.1, 0.15) is 0 Å². The molecule has 0 saturated carbocycles. The molecule has 2 bridgehead atoms. The summed E-state index contributed by atoms with van der Waals surface area (Å²) in [6, 6.07) is 7.83. The van der Waals surface area contributed by atoms with E-state index < -0.39 is 6.10 Å². The van der Waals surface area contributed by atoms with Crippen LogP contribution in [0.1, 0.15) is 68.3 Å². The number of hydrogen-bond donors (Lipinski definition) is 1. The number of nitrogens with zero attached hydrogens (tertiary/aromatic N) is 2. The fourth-order valence-electron chi connectivity index (χ4n) is 4.34. The van der Waals surface area contributed by atoms with Crippen molar-refractivity contribution in [2.24, 2.45) is 0 Å². The Morgan fingerprint density at radius 3 is 2.39 bits per heavy atom. The van der Waals surface area contributed by atoms with Gasteiger partial charge in [-0.3, -0.25) is 9.59 Å². The van der Waals surface area contributed by atoms with E-state index in [1.807, 2.05) is 35.2 Å². The van der Waals surface area contributed by atoms with Gasteiger partial charge in [-0.25, -0.2) is 0 Å². The Labute approximate surface area is 168 Å². The third-order valence-corrected chi connectivity index (χ3v) is 5.91. The first-order valence-electron chi connectivity index (χ1n) is 10.5. The molecule has 3 aliphatic heterocycles. The number of carbonyl (C=O) groups is 2. The van der Waals surface area contributed by atoms with E-state index in [9.17, 15) is 14.7 Å². The predicted molar refractivity (Wildman–Crippen MR) is 110 cm³/mol. The number of fused-ring (bicyclic) bond motifs is 3. The van der Waals surface area contributed by atoms with Crippen LogP contribution in [0.5, 0.6) is 0 Å². The highest BCUT2D eigenvalue weighted by Gasteiger charge is 2.44.